The van der Waals surface area contributed by atoms with Gasteiger partial charge in [-0.1, -0.05) is 6.42 Å². The van der Waals surface area contributed by atoms with Gasteiger partial charge in [-0.2, -0.15) is 10.1 Å². The van der Waals surface area contributed by atoms with Gasteiger partial charge < -0.3 is 4.74 Å². The fourth-order valence-corrected chi connectivity index (χ4v) is 1.81. The SMILES string of the molecule is Clc1nncc(OC2CCCCC2)n1. The molecule has 1 aromatic heterocycles. The summed E-state index contributed by atoms with van der Waals surface area (Å²) in [6, 6.07) is 0. The third kappa shape index (κ3) is 2.54. The van der Waals surface area contributed by atoms with Crippen molar-refractivity contribution in [2.24, 2.45) is 0 Å². The molecular weight excluding hydrogens is 202 g/mol. The molecule has 0 aromatic carbocycles. The summed E-state index contributed by atoms with van der Waals surface area (Å²) in [6.45, 7) is 0. The van der Waals surface area contributed by atoms with Gasteiger partial charge in [0.25, 0.3) is 0 Å². The van der Waals surface area contributed by atoms with Crippen molar-refractivity contribution in [2.75, 3.05) is 0 Å². The van der Waals surface area contributed by atoms with Crippen LogP contribution in [-0.4, -0.2) is 21.3 Å². The van der Waals surface area contributed by atoms with E-state index in [1.807, 2.05) is 0 Å². The van der Waals surface area contributed by atoms with E-state index in [4.69, 9.17) is 16.3 Å². The zero-order chi connectivity index (χ0) is 9.80. The average molecular weight is 214 g/mol. The van der Waals surface area contributed by atoms with E-state index >= 15 is 0 Å². The van der Waals surface area contributed by atoms with Crippen LogP contribution in [0.1, 0.15) is 32.1 Å². The van der Waals surface area contributed by atoms with Crippen LogP contribution in [0, 0.1) is 0 Å². The molecule has 0 radical (unpaired) electrons. The molecule has 0 amide bonds. The fraction of sp³-hybridized carbons (Fsp3) is 0.667. The van der Waals surface area contributed by atoms with Crippen molar-refractivity contribution < 1.29 is 4.74 Å². The van der Waals surface area contributed by atoms with E-state index in [9.17, 15) is 0 Å². The maximum Gasteiger partial charge on any atom is 0.246 e. The van der Waals surface area contributed by atoms with Gasteiger partial charge in [-0.15, -0.1) is 5.10 Å². The quantitative estimate of drug-likeness (QED) is 0.756. The maximum atomic E-state index is 5.64. The van der Waals surface area contributed by atoms with Gasteiger partial charge in [0.1, 0.15) is 12.3 Å². The lowest BCUT2D eigenvalue weighted by Crippen LogP contribution is -2.20. The van der Waals surface area contributed by atoms with Crippen LogP contribution in [0.3, 0.4) is 0 Å². The molecule has 0 saturated heterocycles. The zero-order valence-electron chi connectivity index (χ0n) is 7.82. The number of halogens is 1. The van der Waals surface area contributed by atoms with Crippen LogP contribution in [0.4, 0.5) is 0 Å². The Morgan fingerprint density at radius 3 is 2.79 bits per heavy atom. The largest absolute Gasteiger partial charge is 0.473 e. The number of rotatable bonds is 2. The highest BCUT2D eigenvalue weighted by Crippen LogP contribution is 2.21. The summed E-state index contributed by atoms with van der Waals surface area (Å²) in [4.78, 5) is 3.94. The Kier molecular flexibility index (Phi) is 3.14. The molecule has 1 saturated carbocycles. The van der Waals surface area contributed by atoms with Gasteiger partial charge in [-0.25, -0.2) is 0 Å². The Morgan fingerprint density at radius 2 is 2.07 bits per heavy atom. The highest BCUT2D eigenvalue weighted by atomic mass is 35.5. The molecule has 0 unspecified atom stereocenters. The van der Waals surface area contributed by atoms with Crippen molar-refractivity contribution in [1.82, 2.24) is 15.2 Å². The lowest BCUT2D eigenvalue weighted by atomic mass is 9.98. The first-order valence-corrected chi connectivity index (χ1v) is 5.24. The second kappa shape index (κ2) is 4.55. The van der Waals surface area contributed by atoms with Crippen LogP contribution >= 0.6 is 11.6 Å². The van der Waals surface area contributed by atoms with E-state index < -0.39 is 0 Å². The number of hydrogen-bond acceptors (Lipinski definition) is 4. The Morgan fingerprint density at radius 1 is 1.29 bits per heavy atom. The molecule has 0 atom stereocenters. The second-order valence-corrected chi connectivity index (χ2v) is 3.78. The third-order valence-electron chi connectivity index (χ3n) is 2.35. The van der Waals surface area contributed by atoms with Crippen molar-refractivity contribution in [3.8, 4) is 5.88 Å². The van der Waals surface area contributed by atoms with Crippen molar-refractivity contribution in [3.05, 3.63) is 11.5 Å². The van der Waals surface area contributed by atoms with Gasteiger partial charge in [0.15, 0.2) is 0 Å². The predicted octanol–water partition coefficient (Wildman–Crippen LogP) is 2.24. The van der Waals surface area contributed by atoms with Gasteiger partial charge in [0.05, 0.1) is 0 Å². The summed E-state index contributed by atoms with van der Waals surface area (Å²) < 4.78 is 5.64. The summed E-state index contributed by atoms with van der Waals surface area (Å²) in [5, 5.41) is 7.37. The van der Waals surface area contributed by atoms with E-state index in [1.54, 1.807) is 0 Å². The van der Waals surface area contributed by atoms with Crippen LogP contribution in [0.5, 0.6) is 5.88 Å². The topological polar surface area (TPSA) is 47.9 Å². The van der Waals surface area contributed by atoms with Crippen molar-refractivity contribution in [3.63, 3.8) is 0 Å². The lowest BCUT2D eigenvalue weighted by Gasteiger charge is -2.21. The smallest absolute Gasteiger partial charge is 0.246 e. The number of hydrogen-bond donors (Lipinski definition) is 0. The highest BCUT2D eigenvalue weighted by molar-refractivity contribution is 6.28. The summed E-state index contributed by atoms with van der Waals surface area (Å²) in [5.74, 6) is 0.483. The third-order valence-corrected chi connectivity index (χ3v) is 2.51. The van der Waals surface area contributed by atoms with Crippen LogP contribution in [0.25, 0.3) is 0 Å². The minimum atomic E-state index is 0.137. The number of ether oxygens (including phenoxy) is 1. The summed E-state index contributed by atoms with van der Waals surface area (Å²) in [6.07, 6.45) is 7.75. The van der Waals surface area contributed by atoms with E-state index in [-0.39, 0.29) is 11.4 Å². The molecule has 0 aliphatic heterocycles. The molecule has 0 N–H and O–H groups in total. The normalized spacial score (nSPS) is 18.1. The van der Waals surface area contributed by atoms with E-state index in [0.29, 0.717) is 5.88 Å². The molecule has 76 valence electrons. The molecule has 1 aliphatic rings. The first-order valence-electron chi connectivity index (χ1n) is 4.86. The van der Waals surface area contributed by atoms with Crippen molar-refractivity contribution >= 4 is 11.6 Å². The minimum Gasteiger partial charge on any atom is -0.473 e. The molecule has 5 heteroatoms. The Labute approximate surface area is 87.7 Å². The molecule has 1 fully saturated rings. The zero-order valence-corrected chi connectivity index (χ0v) is 8.57. The monoisotopic (exact) mass is 213 g/mol. The van der Waals surface area contributed by atoms with Crippen LogP contribution in [0.15, 0.2) is 6.20 Å². The molecule has 1 aliphatic carbocycles. The van der Waals surface area contributed by atoms with Crippen molar-refractivity contribution in [2.45, 2.75) is 38.2 Å². The first kappa shape index (κ1) is 9.65. The van der Waals surface area contributed by atoms with Gasteiger partial charge >= 0.3 is 0 Å². The first-order chi connectivity index (χ1) is 6.84. The van der Waals surface area contributed by atoms with E-state index in [2.05, 4.69) is 15.2 Å². The van der Waals surface area contributed by atoms with Crippen LogP contribution in [-0.2, 0) is 0 Å². The van der Waals surface area contributed by atoms with Gasteiger partial charge in [-0.05, 0) is 37.3 Å². The predicted molar refractivity (Wildman–Crippen MR) is 52.3 cm³/mol. The Bertz CT molecular complexity index is 302. The Balaban J connectivity index is 1.95. The molecule has 2 rings (SSSR count). The number of aromatic nitrogens is 3. The van der Waals surface area contributed by atoms with Gasteiger partial charge in [0.2, 0.25) is 11.2 Å². The van der Waals surface area contributed by atoms with Crippen LogP contribution < -0.4 is 4.74 Å². The molecule has 1 heterocycles. The van der Waals surface area contributed by atoms with E-state index in [0.717, 1.165) is 12.8 Å². The summed E-state index contributed by atoms with van der Waals surface area (Å²) in [7, 11) is 0. The lowest BCUT2D eigenvalue weighted by molar-refractivity contribution is 0.147. The highest BCUT2D eigenvalue weighted by Gasteiger charge is 2.15. The molecule has 0 spiro atoms. The standard InChI is InChI=1S/C9H12ClN3O/c10-9-12-8(6-11-13-9)14-7-4-2-1-3-5-7/h6-7H,1-5H2. The molecule has 0 bridgehead atoms. The summed E-state index contributed by atoms with van der Waals surface area (Å²) >= 11 is 5.60. The fourth-order valence-electron chi connectivity index (χ4n) is 1.68. The maximum absolute atomic E-state index is 5.64. The summed E-state index contributed by atoms with van der Waals surface area (Å²) in [5.41, 5.74) is 0. The Hall–Kier alpha value is -0.900. The number of nitrogens with zero attached hydrogens (tertiary/aromatic N) is 3. The van der Waals surface area contributed by atoms with Gasteiger partial charge in [0, 0.05) is 0 Å². The van der Waals surface area contributed by atoms with Crippen LogP contribution in [0.2, 0.25) is 5.28 Å². The average Bonchev–Trinajstić information content (AvgIpc) is 2.19. The van der Waals surface area contributed by atoms with Crippen molar-refractivity contribution in [1.29, 1.82) is 0 Å². The molecular formula is C9H12ClN3O. The molecule has 4 nitrogen and oxygen atoms in total. The molecule has 14 heavy (non-hydrogen) atoms. The minimum absolute atomic E-state index is 0.137. The van der Waals surface area contributed by atoms with Gasteiger partial charge in [-0.3, -0.25) is 0 Å². The van der Waals surface area contributed by atoms with E-state index in [1.165, 1.54) is 25.5 Å². The molecule has 1 aromatic rings. The second-order valence-electron chi connectivity index (χ2n) is 3.44.